The van der Waals surface area contributed by atoms with Gasteiger partial charge in [0.25, 0.3) is 10.0 Å². The van der Waals surface area contributed by atoms with Crippen molar-refractivity contribution in [1.82, 2.24) is 4.98 Å². The highest BCUT2D eigenvalue weighted by molar-refractivity contribution is 7.92. The van der Waals surface area contributed by atoms with Gasteiger partial charge in [-0.25, -0.2) is 18.0 Å². The standard InChI is InChI=1S/C17H16N2O5S/c1-3-11-6-4-5-10(2)15(11)19-25(22,23)12-7-8-14-13(9-12)16(20)24-17(21)18-14/h4-9,19H,3H2,1-2H3,(H,18,21). The molecule has 0 bridgehead atoms. The third kappa shape index (κ3) is 3.20. The quantitative estimate of drug-likeness (QED) is 0.741. The van der Waals surface area contributed by atoms with Gasteiger partial charge in [0.15, 0.2) is 0 Å². The van der Waals surface area contributed by atoms with Crippen LogP contribution in [-0.4, -0.2) is 13.4 Å². The molecular formula is C17H16N2O5S. The van der Waals surface area contributed by atoms with Crippen LogP contribution >= 0.6 is 0 Å². The second-order valence-corrected chi connectivity index (χ2v) is 7.26. The van der Waals surface area contributed by atoms with Gasteiger partial charge in [0.1, 0.15) is 0 Å². The van der Waals surface area contributed by atoms with E-state index in [1.807, 2.05) is 32.0 Å². The minimum absolute atomic E-state index is 0.0111. The Bertz CT molecular complexity index is 1180. The summed E-state index contributed by atoms with van der Waals surface area (Å²) in [6.07, 6.45) is 0.669. The summed E-state index contributed by atoms with van der Waals surface area (Å²) in [6.45, 7) is 3.75. The average Bonchev–Trinajstić information content (AvgIpc) is 2.56. The first kappa shape index (κ1) is 17.0. The van der Waals surface area contributed by atoms with Crippen LogP contribution in [0.15, 0.2) is 55.3 Å². The van der Waals surface area contributed by atoms with Crippen molar-refractivity contribution >= 4 is 26.6 Å². The Balaban J connectivity index is 2.11. The lowest BCUT2D eigenvalue weighted by Gasteiger charge is -2.14. The lowest BCUT2D eigenvalue weighted by Crippen LogP contribution is -2.17. The number of aryl methyl sites for hydroxylation is 2. The molecule has 0 unspecified atom stereocenters. The molecule has 130 valence electrons. The molecule has 1 heterocycles. The predicted molar refractivity (Wildman–Crippen MR) is 94.5 cm³/mol. The predicted octanol–water partition coefficient (Wildman–Crippen LogP) is 2.15. The van der Waals surface area contributed by atoms with Crippen molar-refractivity contribution in [3.05, 3.63) is 68.5 Å². The molecule has 0 radical (unpaired) electrons. The molecule has 25 heavy (non-hydrogen) atoms. The van der Waals surface area contributed by atoms with E-state index in [1.165, 1.54) is 18.2 Å². The maximum atomic E-state index is 12.7. The highest BCUT2D eigenvalue weighted by atomic mass is 32.2. The number of hydrogen-bond acceptors (Lipinski definition) is 5. The number of hydrogen-bond donors (Lipinski definition) is 2. The summed E-state index contributed by atoms with van der Waals surface area (Å²) in [6, 6.07) is 9.40. The molecule has 0 spiro atoms. The molecule has 2 aromatic carbocycles. The molecule has 2 N–H and O–H groups in total. The molecule has 0 atom stereocenters. The molecule has 1 aromatic heterocycles. The molecule has 3 rings (SSSR count). The number of rotatable bonds is 4. The summed E-state index contributed by atoms with van der Waals surface area (Å²) in [7, 11) is -3.91. The first-order valence-electron chi connectivity index (χ1n) is 7.60. The van der Waals surface area contributed by atoms with Crippen LogP contribution < -0.4 is 16.1 Å². The molecule has 0 saturated heterocycles. The summed E-state index contributed by atoms with van der Waals surface area (Å²) in [5, 5.41) is -0.0111. The lowest BCUT2D eigenvalue weighted by atomic mass is 10.1. The van der Waals surface area contributed by atoms with Crippen molar-refractivity contribution in [2.75, 3.05) is 4.72 Å². The molecule has 0 aliphatic heterocycles. The van der Waals surface area contributed by atoms with E-state index in [-0.39, 0.29) is 15.8 Å². The Labute approximate surface area is 143 Å². The van der Waals surface area contributed by atoms with Crippen LogP contribution in [0.3, 0.4) is 0 Å². The highest BCUT2D eigenvalue weighted by Crippen LogP contribution is 2.25. The summed E-state index contributed by atoms with van der Waals surface area (Å²) in [5.74, 6) is -0.890. The van der Waals surface area contributed by atoms with Gasteiger partial charge in [-0.1, -0.05) is 25.1 Å². The van der Waals surface area contributed by atoms with E-state index < -0.39 is 21.4 Å². The third-order valence-electron chi connectivity index (χ3n) is 3.92. The van der Waals surface area contributed by atoms with Gasteiger partial charge in [0.2, 0.25) is 0 Å². The number of para-hydroxylation sites is 1. The molecule has 0 saturated carbocycles. The zero-order chi connectivity index (χ0) is 18.2. The number of fused-ring (bicyclic) bond motifs is 1. The third-order valence-corrected chi connectivity index (χ3v) is 5.27. The van der Waals surface area contributed by atoms with Crippen LogP contribution in [0.2, 0.25) is 0 Å². The second kappa shape index (κ2) is 6.21. The van der Waals surface area contributed by atoms with Gasteiger partial charge in [0.05, 0.1) is 21.5 Å². The number of aromatic amines is 1. The summed E-state index contributed by atoms with van der Waals surface area (Å²) in [4.78, 5) is 25.2. The Morgan fingerprint density at radius 2 is 1.92 bits per heavy atom. The normalized spacial score (nSPS) is 11.6. The van der Waals surface area contributed by atoms with Crippen LogP contribution in [0.25, 0.3) is 10.9 Å². The highest BCUT2D eigenvalue weighted by Gasteiger charge is 2.18. The first-order valence-corrected chi connectivity index (χ1v) is 9.08. The minimum atomic E-state index is -3.91. The van der Waals surface area contributed by atoms with Crippen molar-refractivity contribution in [3.63, 3.8) is 0 Å². The van der Waals surface area contributed by atoms with Crippen LogP contribution in [0.5, 0.6) is 0 Å². The Hall–Kier alpha value is -2.87. The number of benzene rings is 2. The molecule has 3 aromatic rings. The van der Waals surface area contributed by atoms with E-state index in [4.69, 9.17) is 0 Å². The van der Waals surface area contributed by atoms with Gasteiger partial charge in [0, 0.05) is 0 Å². The number of sulfonamides is 1. The molecule has 7 nitrogen and oxygen atoms in total. The zero-order valence-electron chi connectivity index (χ0n) is 13.6. The Morgan fingerprint density at radius 1 is 1.16 bits per heavy atom. The maximum Gasteiger partial charge on any atom is 0.419 e. The summed E-state index contributed by atoms with van der Waals surface area (Å²) >= 11 is 0. The van der Waals surface area contributed by atoms with E-state index in [0.29, 0.717) is 12.1 Å². The lowest BCUT2D eigenvalue weighted by molar-refractivity contribution is 0.460. The van der Waals surface area contributed by atoms with E-state index in [2.05, 4.69) is 14.1 Å². The van der Waals surface area contributed by atoms with Crippen molar-refractivity contribution in [2.45, 2.75) is 25.2 Å². The number of H-pyrrole nitrogens is 1. The number of aromatic nitrogens is 1. The Kier molecular flexibility index (Phi) is 4.22. The van der Waals surface area contributed by atoms with Gasteiger partial charge in [-0.3, -0.25) is 9.71 Å². The van der Waals surface area contributed by atoms with E-state index in [0.717, 1.165) is 11.1 Å². The maximum absolute atomic E-state index is 12.7. The smallest absolute Gasteiger partial charge is 0.372 e. The van der Waals surface area contributed by atoms with Gasteiger partial charge in [-0.05, 0) is 42.7 Å². The molecule has 0 aliphatic carbocycles. The van der Waals surface area contributed by atoms with Crippen LogP contribution in [-0.2, 0) is 16.4 Å². The van der Waals surface area contributed by atoms with E-state index in [1.54, 1.807) is 0 Å². The monoisotopic (exact) mass is 360 g/mol. The topological polar surface area (TPSA) is 109 Å². The van der Waals surface area contributed by atoms with E-state index >= 15 is 0 Å². The number of nitrogens with one attached hydrogen (secondary N) is 2. The van der Waals surface area contributed by atoms with Crippen LogP contribution in [0.1, 0.15) is 18.1 Å². The second-order valence-electron chi connectivity index (χ2n) is 5.58. The zero-order valence-corrected chi connectivity index (χ0v) is 14.4. The van der Waals surface area contributed by atoms with Gasteiger partial charge < -0.3 is 4.42 Å². The molecule has 0 fully saturated rings. The first-order chi connectivity index (χ1) is 11.8. The van der Waals surface area contributed by atoms with Gasteiger partial charge in [-0.15, -0.1) is 0 Å². The Morgan fingerprint density at radius 3 is 2.64 bits per heavy atom. The van der Waals surface area contributed by atoms with Crippen molar-refractivity contribution in [3.8, 4) is 0 Å². The van der Waals surface area contributed by atoms with Crippen LogP contribution in [0, 0.1) is 6.92 Å². The fourth-order valence-electron chi connectivity index (χ4n) is 2.61. The molecule has 0 aliphatic rings. The largest absolute Gasteiger partial charge is 0.419 e. The van der Waals surface area contributed by atoms with Crippen molar-refractivity contribution in [2.24, 2.45) is 0 Å². The van der Waals surface area contributed by atoms with Crippen molar-refractivity contribution < 1.29 is 12.8 Å². The molecular weight excluding hydrogens is 344 g/mol. The van der Waals surface area contributed by atoms with Crippen molar-refractivity contribution in [1.29, 1.82) is 0 Å². The number of anilines is 1. The fraction of sp³-hybridized carbons (Fsp3) is 0.176. The minimum Gasteiger partial charge on any atom is -0.372 e. The van der Waals surface area contributed by atoms with Gasteiger partial charge in [-0.2, -0.15) is 0 Å². The summed E-state index contributed by atoms with van der Waals surface area (Å²) < 4.78 is 32.5. The summed E-state index contributed by atoms with van der Waals surface area (Å²) in [5.41, 5.74) is 1.52. The van der Waals surface area contributed by atoms with Gasteiger partial charge >= 0.3 is 11.4 Å². The molecule has 0 amide bonds. The van der Waals surface area contributed by atoms with E-state index in [9.17, 15) is 18.0 Å². The SMILES string of the molecule is CCc1cccc(C)c1NS(=O)(=O)c1ccc2[nH]c(=O)oc(=O)c2c1. The average molecular weight is 360 g/mol. The van der Waals surface area contributed by atoms with Crippen LogP contribution in [0.4, 0.5) is 5.69 Å². The fourth-order valence-corrected chi connectivity index (χ4v) is 3.80. The molecule has 8 heteroatoms.